The zero-order valence-corrected chi connectivity index (χ0v) is 16.7. The fraction of sp³-hybridized carbons (Fsp3) is 0.529. The number of carbonyl (C=O) groups is 5. The van der Waals surface area contributed by atoms with Crippen molar-refractivity contribution < 1.29 is 29.1 Å². The number of carboxylic acids is 1. The van der Waals surface area contributed by atoms with Crippen molar-refractivity contribution in [1.29, 1.82) is 0 Å². The quantitative estimate of drug-likeness (QED) is 0.182. The molecule has 3 unspecified atom stereocenters. The molecule has 0 aliphatic rings. The largest absolute Gasteiger partial charge is 0.480 e. The number of aromatic nitrogens is 2. The average molecular weight is 425 g/mol. The van der Waals surface area contributed by atoms with Gasteiger partial charge in [0.05, 0.1) is 25.3 Å². The SMILES string of the molecule is CC(C)C(N)C(=O)NCC(=O)NC(Cc1cnc[nH]1)C(=O)NC(CC(N)=O)C(=O)O. The van der Waals surface area contributed by atoms with Crippen LogP contribution in [0.1, 0.15) is 26.0 Å². The highest BCUT2D eigenvalue weighted by atomic mass is 16.4. The zero-order chi connectivity index (χ0) is 22.8. The maximum atomic E-state index is 12.6. The summed E-state index contributed by atoms with van der Waals surface area (Å²) in [7, 11) is 0. The van der Waals surface area contributed by atoms with Gasteiger partial charge in [-0.15, -0.1) is 0 Å². The summed E-state index contributed by atoms with van der Waals surface area (Å²) in [6.07, 6.45) is 2.13. The Kier molecular flexibility index (Phi) is 9.42. The number of carboxylic acid groups (broad SMARTS) is 1. The first-order valence-corrected chi connectivity index (χ1v) is 9.12. The maximum absolute atomic E-state index is 12.6. The Labute approximate surface area is 172 Å². The van der Waals surface area contributed by atoms with E-state index in [9.17, 15) is 24.0 Å². The van der Waals surface area contributed by atoms with Crippen LogP contribution < -0.4 is 27.4 Å². The Morgan fingerprint density at radius 3 is 2.30 bits per heavy atom. The van der Waals surface area contributed by atoms with Crippen LogP contribution in [0.5, 0.6) is 0 Å². The number of aliphatic carboxylic acids is 1. The number of amides is 4. The first kappa shape index (κ1) is 24.6. The number of hydrogen-bond acceptors (Lipinski definition) is 7. The molecule has 0 spiro atoms. The number of aromatic amines is 1. The molecule has 4 amide bonds. The Hall–Kier alpha value is -3.48. The molecule has 1 aromatic rings. The predicted molar refractivity (Wildman–Crippen MR) is 103 cm³/mol. The molecule has 0 fully saturated rings. The highest BCUT2D eigenvalue weighted by Gasteiger charge is 2.28. The van der Waals surface area contributed by atoms with Gasteiger partial charge in [-0.2, -0.15) is 0 Å². The summed E-state index contributed by atoms with van der Waals surface area (Å²) in [6.45, 7) is 3.07. The second-order valence-corrected chi connectivity index (χ2v) is 6.96. The van der Waals surface area contributed by atoms with Gasteiger partial charge in [0.25, 0.3) is 0 Å². The highest BCUT2D eigenvalue weighted by molar-refractivity contribution is 5.93. The van der Waals surface area contributed by atoms with Crippen LogP contribution >= 0.6 is 0 Å². The molecule has 0 radical (unpaired) electrons. The number of nitrogens with one attached hydrogen (secondary N) is 4. The number of hydrogen-bond donors (Lipinski definition) is 7. The third-order valence-electron chi connectivity index (χ3n) is 4.09. The van der Waals surface area contributed by atoms with Gasteiger partial charge in [-0.1, -0.05) is 13.8 Å². The molecule has 13 nitrogen and oxygen atoms in total. The summed E-state index contributed by atoms with van der Waals surface area (Å²) in [6, 6.07) is -3.56. The van der Waals surface area contributed by atoms with E-state index in [1.165, 1.54) is 12.5 Å². The predicted octanol–water partition coefficient (Wildman–Crippen LogP) is -3.02. The fourth-order valence-electron chi connectivity index (χ4n) is 2.33. The minimum absolute atomic E-state index is 0.0417. The van der Waals surface area contributed by atoms with Crippen molar-refractivity contribution in [2.24, 2.45) is 17.4 Å². The van der Waals surface area contributed by atoms with E-state index in [1.54, 1.807) is 13.8 Å². The van der Waals surface area contributed by atoms with Crippen LogP contribution in [0.15, 0.2) is 12.5 Å². The first-order valence-electron chi connectivity index (χ1n) is 9.12. The van der Waals surface area contributed by atoms with Gasteiger partial charge < -0.3 is 37.5 Å². The smallest absolute Gasteiger partial charge is 0.326 e. The van der Waals surface area contributed by atoms with E-state index >= 15 is 0 Å². The summed E-state index contributed by atoms with van der Waals surface area (Å²) < 4.78 is 0. The van der Waals surface area contributed by atoms with Crippen molar-refractivity contribution in [3.63, 3.8) is 0 Å². The van der Waals surface area contributed by atoms with E-state index in [-0.39, 0.29) is 12.3 Å². The van der Waals surface area contributed by atoms with Crippen molar-refractivity contribution in [1.82, 2.24) is 25.9 Å². The van der Waals surface area contributed by atoms with Crippen LogP contribution in [0.25, 0.3) is 0 Å². The van der Waals surface area contributed by atoms with Crippen LogP contribution in [0.2, 0.25) is 0 Å². The number of carbonyl (C=O) groups excluding carboxylic acids is 4. The molecular weight excluding hydrogens is 398 g/mol. The molecule has 0 bridgehead atoms. The third kappa shape index (κ3) is 8.26. The molecule has 0 saturated heterocycles. The Morgan fingerprint density at radius 2 is 1.80 bits per heavy atom. The highest BCUT2D eigenvalue weighted by Crippen LogP contribution is 2.02. The molecule has 3 atom stereocenters. The lowest BCUT2D eigenvalue weighted by Gasteiger charge is -2.21. The van der Waals surface area contributed by atoms with Gasteiger partial charge in [0, 0.05) is 18.3 Å². The minimum Gasteiger partial charge on any atom is -0.480 e. The van der Waals surface area contributed by atoms with E-state index in [1.807, 2.05) is 0 Å². The van der Waals surface area contributed by atoms with Crippen LogP contribution in [-0.4, -0.2) is 69.3 Å². The minimum atomic E-state index is -1.56. The van der Waals surface area contributed by atoms with Gasteiger partial charge in [-0.05, 0) is 5.92 Å². The summed E-state index contributed by atoms with van der Waals surface area (Å²) >= 11 is 0. The molecule has 30 heavy (non-hydrogen) atoms. The average Bonchev–Trinajstić information content (AvgIpc) is 3.16. The number of imidazole rings is 1. The molecule has 1 rings (SSSR count). The normalized spacial score (nSPS) is 13.7. The lowest BCUT2D eigenvalue weighted by Crippen LogP contribution is -2.55. The molecule has 1 heterocycles. The van der Waals surface area contributed by atoms with Crippen LogP contribution in [0, 0.1) is 5.92 Å². The third-order valence-corrected chi connectivity index (χ3v) is 4.09. The molecule has 0 saturated carbocycles. The van der Waals surface area contributed by atoms with Gasteiger partial charge in [-0.25, -0.2) is 9.78 Å². The molecule has 13 heteroatoms. The molecule has 9 N–H and O–H groups in total. The molecular formula is C17H27N7O6. The molecule has 0 aromatic carbocycles. The van der Waals surface area contributed by atoms with Crippen LogP contribution in [0.4, 0.5) is 0 Å². The topological polar surface area (TPSA) is 222 Å². The standard InChI is InChI=1S/C17H27N7O6/c1-8(2)14(19)16(28)21-6-13(26)23-10(3-9-5-20-7-22-9)15(27)24-11(17(29)30)4-12(18)25/h5,7-8,10-11,14H,3-4,6,19H2,1-2H3,(H2,18,25)(H,20,22)(H,21,28)(H,23,26)(H,24,27)(H,29,30). The van der Waals surface area contributed by atoms with Crippen molar-refractivity contribution in [2.45, 2.75) is 44.8 Å². The van der Waals surface area contributed by atoms with E-state index in [0.29, 0.717) is 5.69 Å². The van der Waals surface area contributed by atoms with E-state index in [4.69, 9.17) is 16.6 Å². The Bertz CT molecular complexity index is 765. The molecule has 1 aromatic heterocycles. The number of rotatable bonds is 12. The van der Waals surface area contributed by atoms with Gasteiger partial charge in [0.15, 0.2) is 0 Å². The number of primary amides is 1. The Balaban J connectivity index is 2.80. The van der Waals surface area contributed by atoms with Crippen LogP contribution in [0.3, 0.4) is 0 Å². The number of nitrogens with two attached hydrogens (primary N) is 2. The second kappa shape index (κ2) is 11.5. The van der Waals surface area contributed by atoms with Gasteiger partial charge in [0.1, 0.15) is 12.1 Å². The van der Waals surface area contributed by atoms with Gasteiger partial charge in [-0.3, -0.25) is 19.2 Å². The summed E-state index contributed by atoms with van der Waals surface area (Å²) in [5.41, 5.74) is 11.2. The monoisotopic (exact) mass is 425 g/mol. The molecule has 0 aliphatic carbocycles. The first-order chi connectivity index (χ1) is 14.0. The summed E-state index contributed by atoms with van der Waals surface area (Å²) in [5, 5.41) is 16.1. The number of H-pyrrole nitrogens is 1. The second-order valence-electron chi connectivity index (χ2n) is 6.96. The van der Waals surface area contributed by atoms with E-state index in [0.717, 1.165) is 0 Å². The number of nitrogens with zero attached hydrogens (tertiary/aromatic N) is 1. The van der Waals surface area contributed by atoms with Crippen molar-refractivity contribution in [3.8, 4) is 0 Å². The van der Waals surface area contributed by atoms with Gasteiger partial charge >= 0.3 is 5.97 Å². The molecule has 0 aliphatic heterocycles. The lowest BCUT2D eigenvalue weighted by atomic mass is 10.1. The lowest BCUT2D eigenvalue weighted by molar-refractivity contribution is -0.143. The fourth-order valence-corrected chi connectivity index (χ4v) is 2.33. The zero-order valence-electron chi connectivity index (χ0n) is 16.7. The summed E-state index contributed by atoms with van der Waals surface area (Å²) in [5.74, 6) is -4.57. The van der Waals surface area contributed by atoms with Crippen LogP contribution in [-0.2, 0) is 30.4 Å². The van der Waals surface area contributed by atoms with E-state index < -0.39 is 60.7 Å². The van der Waals surface area contributed by atoms with Gasteiger partial charge in [0.2, 0.25) is 23.6 Å². The van der Waals surface area contributed by atoms with Crippen molar-refractivity contribution >= 4 is 29.6 Å². The van der Waals surface area contributed by atoms with Crippen molar-refractivity contribution in [3.05, 3.63) is 18.2 Å². The van der Waals surface area contributed by atoms with E-state index in [2.05, 4.69) is 25.9 Å². The van der Waals surface area contributed by atoms with Crippen molar-refractivity contribution in [2.75, 3.05) is 6.54 Å². The Morgan fingerprint density at radius 1 is 1.13 bits per heavy atom. The summed E-state index contributed by atoms with van der Waals surface area (Å²) in [4.78, 5) is 65.5. The maximum Gasteiger partial charge on any atom is 0.326 e. The molecule has 166 valence electrons.